The fourth-order valence-electron chi connectivity index (χ4n) is 3.38. The van der Waals surface area contributed by atoms with Gasteiger partial charge in [0, 0.05) is 50.2 Å². The summed E-state index contributed by atoms with van der Waals surface area (Å²) in [5, 5.41) is 6.23. The molecule has 0 aliphatic carbocycles. The second-order valence-electron chi connectivity index (χ2n) is 7.61. The van der Waals surface area contributed by atoms with Crippen LogP contribution in [0.3, 0.4) is 0 Å². The van der Waals surface area contributed by atoms with E-state index in [9.17, 15) is 4.79 Å². The quantitative estimate of drug-likeness (QED) is 0.668. The van der Waals surface area contributed by atoms with Crippen LogP contribution in [0.1, 0.15) is 42.5 Å². The van der Waals surface area contributed by atoms with Crippen LogP contribution >= 0.6 is 0 Å². The summed E-state index contributed by atoms with van der Waals surface area (Å²) in [5.74, 6) is 1.05. The fourth-order valence-corrected chi connectivity index (χ4v) is 3.38. The topological polar surface area (TPSA) is 73.4 Å². The van der Waals surface area contributed by atoms with Gasteiger partial charge in [-0.15, -0.1) is 0 Å². The number of aromatic nitrogens is 2. The van der Waals surface area contributed by atoms with Crippen LogP contribution in [0.25, 0.3) is 0 Å². The molecule has 0 saturated carbocycles. The molecule has 0 spiro atoms. The average molecular weight is 397 g/mol. The zero-order chi connectivity index (χ0) is 20.6. The molecular formula is C22H32N6O. The van der Waals surface area contributed by atoms with Gasteiger partial charge in [0.25, 0.3) is 5.91 Å². The van der Waals surface area contributed by atoms with Crippen molar-refractivity contribution in [2.45, 2.75) is 33.1 Å². The Hall–Kier alpha value is -2.67. The Morgan fingerprint density at radius 2 is 1.79 bits per heavy atom. The highest BCUT2D eigenvalue weighted by molar-refractivity contribution is 5.93. The van der Waals surface area contributed by atoms with Crippen molar-refractivity contribution in [1.29, 1.82) is 0 Å². The molecule has 0 unspecified atom stereocenters. The van der Waals surface area contributed by atoms with Gasteiger partial charge in [0.05, 0.1) is 0 Å². The van der Waals surface area contributed by atoms with Crippen LogP contribution in [0.2, 0.25) is 0 Å². The van der Waals surface area contributed by atoms with Gasteiger partial charge in [0.1, 0.15) is 17.3 Å². The van der Waals surface area contributed by atoms with E-state index in [1.807, 2.05) is 0 Å². The predicted octanol–water partition coefficient (Wildman–Crippen LogP) is 3.20. The van der Waals surface area contributed by atoms with Crippen LogP contribution in [0, 0.1) is 6.92 Å². The van der Waals surface area contributed by atoms with Crippen LogP contribution in [-0.2, 0) is 0 Å². The van der Waals surface area contributed by atoms with Crippen molar-refractivity contribution in [3.05, 3.63) is 41.9 Å². The Labute approximate surface area is 173 Å². The number of hydrogen-bond acceptors (Lipinski definition) is 6. The van der Waals surface area contributed by atoms with Crippen molar-refractivity contribution in [3.8, 4) is 0 Å². The number of anilines is 3. The van der Waals surface area contributed by atoms with Gasteiger partial charge >= 0.3 is 0 Å². The standard InChI is InChI=1S/C22H32N6O/c1-4-5-6-11-23-22(29)20-16-21(25-17(2)24-20)26-18-7-9-19(10-8-18)28-14-12-27(3)13-15-28/h7-10,16H,4-6,11-15H2,1-3H3,(H,23,29)(H,24,25,26). The number of rotatable bonds is 8. The van der Waals surface area contributed by atoms with E-state index < -0.39 is 0 Å². The monoisotopic (exact) mass is 396 g/mol. The highest BCUT2D eigenvalue weighted by atomic mass is 16.1. The van der Waals surface area contributed by atoms with Crippen LogP contribution < -0.4 is 15.5 Å². The summed E-state index contributed by atoms with van der Waals surface area (Å²) < 4.78 is 0. The first-order chi connectivity index (χ1) is 14.0. The molecule has 7 heteroatoms. The lowest BCUT2D eigenvalue weighted by Gasteiger charge is -2.34. The SMILES string of the molecule is CCCCCNC(=O)c1cc(Nc2ccc(N3CCN(C)CC3)cc2)nc(C)n1. The van der Waals surface area contributed by atoms with E-state index in [1.165, 1.54) is 5.69 Å². The molecule has 29 heavy (non-hydrogen) atoms. The van der Waals surface area contributed by atoms with Gasteiger partial charge in [-0.05, 0) is 44.7 Å². The summed E-state index contributed by atoms with van der Waals surface area (Å²) in [6, 6.07) is 10.1. The fraction of sp³-hybridized carbons (Fsp3) is 0.500. The van der Waals surface area contributed by atoms with E-state index in [4.69, 9.17) is 0 Å². The molecule has 1 fully saturated rings. The Morgan fingerprint density at radius 1 is 1.07 bits per heavy atom. The number of likely N-dealkylation sites (N-methyl/N-ethyl adjacent to an activating group) is 1. The predicted molar refractivity (Wildman–Crippen MR) is 118 cm³/mol. The maximum absolute atomic E-state index is 12.4. The molecule has 3 rings (SSSR count). The smallest absolute Gasteiger partial charge is 0.270 e. The molecule has 0 bridgehead atoms. The van der Waals surface area contributed by atoms with E-state index in [-0.39, 0.29) is 5.91 Å². The van der Waals surface area contributed by atoms with Gasteiger partial charge in [-0.2, -0.15) is 0 Å². The van der Waals surface area contributed by atoms with Gasteiger partial charge in [0.15, 0.2) is 0 Å². The van der Waals surface area contributed by atoms with Crippen LogP contribution in [0.15, 0.2) is 30.3 Å². The third-order valence-electron chi connectivity index (χ3n) is 5.14. The molecule has 156 valence electrons. The molecule has 1 aromatic heterocycles. The lowest BCUT2D eigenvalue weighted by molar-refractivity contribution is 0.0947. The maximum atomic E-state index is 12.4. The van der Waals surface area contributed by atoms with Gasteiger partial charge < -0.3 is 20.4 Å². The van der Waals surface area contributed by atoms with Crippen molar-refractivity contribution in [1.82, 2.24) is 20.2 Å². The van der Waals surface area contributed by atoms with Crippen LogP contribution in [-0.4, -0.2) is 60.5 Å². The molecule has 0 atom stereocenters. The molecule has 1 saturated heterocycles. The number of carbonyl (C=O) groups excluding carboxylic acids is 1. The number of carbonyl (C=O) groups is 1. The Kier molecular flexibility index (Phi) is 7.41. The van der Waals surface area contributed by atoms with Gasteiger partial charge in [-0.1, -0.05) is 19.8 Å². The second-order valence-corrected chi connectivity index (χ2v) is 7.61. The van der Waals surface area contributed by atoms with E-state index in [1.54, 1.807) is 13.0 Å². The normalized spacial score (nSPS) is 14.7. The molecule has 2 heterocycles. The van der Waals surface area contributed by atoms with Crippen molar-refractivity contribution >= 4 is 23.1 Å². The highest BCUT2D eigenvalue weighted by Gasteiger charge is 2.14. The average Bonchev–Trinajstić information content (AvgIpc) is 2.72. The largest absolute Gasteiger partial charge is 0.369 e. The van der Waals surface area contributed by atoms with Crippen LogP contribution in [0.5, 0.6) is 0 Å². The van der Waals surface area contributed by atoms with Gasteiger partial charge in [-0.25, -0.2) is 9.97 Å². The summed E-state index contributed by atoms with van der Waals surface area (Å²) >= 11 is 0. The number of nitrogens with zero attached hydrogens (tertiary/aromatic N) is 4. The van der Waals surface area contributed by atoms with Crippen LogP contribution in [0.4, 0.5) is 17.2 Å². The molecule has 1 amide bonds. The summed E-state index contributed by atoms with van der Waals surface area (Å²) in [5.41, 5.74) is 2.57. The van der Waals surface area contributed by atoms with E-state index in [0.717, 1.165) is 51.1 Å². The minimum Gasteiger partial charge on any atom is -0.369 e. The molecule has 2 N–H and O–H groups in total. The molecule has 1 aliphatic heterocycles. The maximum Gasteiger partial charge on any atom is 0.270 e. The van der Waals surface area contributed by atoms with Gasteiger partial charge in [0.2, 0.25) is 0 Å². The summed E-state index contributed by atoms with van der Waals surface area (Å²) in [6.45, 7) is 8.89. The van der Waals surface area contributed by atoms with Gasteiger partial charge in [-0.3, -0.25) is 4.79 Å². The molecule has 1 aliphatic rings. The number of nitrogens with one attached hydrogen (secondary N) is 2. The number of piperazine rings is 1. The minimum atomic E-state index is -0.153. The first kappa shape index (κ1) is 21.0. The first-order valence-corrected chi connectivity index (χ1v) is 10.5. The number of aryl methyl sites for hydroxylation is 1. The Balaban J connectivity index is 1.62. The van der Waals surface area contributed by atoms with E-state index in [0.29, 0.717) is 23.9 Å². The number of unbranched alkanes of at least 4 members (excludes halogenated alkanes) is 2. The minimum absolute atomic E-state index is 0.153. The summed E-state index contributed by atoms with van der Waals surface area (Å²) in [4.78, 5) is 25.8. The first-order valence-electron chi connectivity index (χ1n) is 10.5. The van der Waals surface area contributed by atoms with Crippen molar-refractivity contribution in [2.24, 2.45) is 0 Å². The summed E-state index contributed by atoms with van der Waals surface area (Å²) in [6.07, 6.45) is 3.22. The molecule has 2 aromatic rings. The third kappa shape index (κ3) is 6.15. The number of amides is 1. The summed E-state index contributed by atoms with van der Waals surface area (Å²) in [7, 11) is 2.16. The zero-order valence-electron chi connectivity index (χ0n) is 17.7. The molecular weight excluding hydrogens is 364 g/mol. The molecule has 0 radical (unpaired) electrons. The molecule has 7 nitrogen and oxygen atoms in total. The van der Waals surface area contributed by atoms with Crippen molar-refractivity contribution < 1.29 is 4.79 Å². The Bertz CT molecular complexity index is 799. The zero-order valence-corrected chi connectivity index (χ0v) is 17.7. The Morgan fingerprint density at radius 3 is 2.48 bits per heavy atom. The lowest BCUT2D eigenvalue weighted by atomic mass is 10.2. The second kappa shape index (κ2) is 10.2. The van der Waals surface area contributed by atoms with E-state index >= 15 is 0 Å². The van der Waals surface area contributed by atoms with Crippen molar-refractivity contribution in [3.63, 3.8) is 0 Å². The van der Waals surface area contributed by atoms with Crippen molar-refractivity contribution in [2.75, 3.05) is 50.0 Å². The number of hydrogen-bond donors (Lipinski definition) is 2. The highest BCUT2D eigenvalue weighted by Crippen LogP contribution is 2.21. The third-order valence-corrected chi connectivity index (χ3v) is 5.14. The van der Waals surface area contributed by atoms with E-state index in [2.05, 4.69) is 68.6 Å². The lowest BCUT2D eigenvalue weighted by Crippen LogP contribution is -2.44. The number of benzene rings is 1. The molecule has 1 aromatic carbocycles.